The number of nitrogens with two attached hydrogens (primary N) is 1. The van der Waals surface area contributed by atoms with Gasteiger partial charge in [-0.05, 0) is 20.3 Å². The fourth-order valence-corrected chi connectivity index (χ4v) is 2.18. The Kier molecular flexibility index (Phi) is 5.36. The molecule has 1 fully saturated rings. The lowest BCUT2D eigenvalue weighted by Crippen LogP contribution is -2.56. The van der Waals surface area contributed by atoms with Gasteiger partial charge in [0.25, 0.3) is 0 Å². The molecule has 0 saturated carbocycles. The Morgan fingerprint density at radius 1 is 1.59 bits per heavy atom. The van der Waals surface area contributed by atoms with Crippen LogP contribution in [-0.2, 0) is 9.53 Å². The monoisotopic (exact) mass is 243 g/mol. The highest BCUT2D eigenvalue weighted by Crippen LogP contribution is 2.20. The van der Waals surface area contributed by atoms with Crippen molar-refractivity contribution >= 4 is 5.91 Å². The molecule has 1 aliphatic rings. The molecule has 0 aromatic carbocycles. The van der Waals surface area contributed by atoms with Crippen LogP contribution in [0.1, 0.15) is 27.2 Å². The summed E-state index contributed by atoms with van der Waals surface area (Å²) < 4.78 is 5.82. The van der Waals surface area contributed by atoms with Crippen LogP contribution in [0.3, 0.4) is 0 Å². The zero-order chi connectivity index (χ0) is 12.9. The predicted octanol–water partition coefficient (Wildman–Crippen LogP) is -0.0493. The SMILES string of the molecule is CCCNC(=O)CN1CC(CN)OC(C)(C)C1. The van der Waals surface area contributed by atoms with E-state index in [4.69, 9.17) is 10.5 Å². The van der Waals surface area contributed by atoms with Crippen LogP contribution in [0.4, 0.5) is 0 Å². The summed E-state index contributed by atoms with van der Waals surface area (Å²) in [6, 6.07) is 0. The van der Waals surface area contributed by atoms with Crippen LogP contribution < -0.4 is 11.1 Å². The van der Waals surface area contributed by atoms with Crippen molar-refractivity contribution in [3.05, 3.63) is 0 Å². The molecule has 1 saturated heterocycles. The zero-order valence-electron chi connectivity index (χ0n) is 11.2. The van der Waals surface area contributed by atoms with Gasteiger partial charge in [0.15, 0.2) is 0 Å². The van der Waals surface area contributed by atoms with Gasteiger partial charge in [0, 0.05) is 26.2 Å². The maximum absolute atomic E-state index is 11.7. The molecule has 0 radical (unpaired) electrons. The van der Waals surface area contributed by atoms with Crippen molar-refractivity contribution in [3.8, 4) is 0 Å². The minimum atomic E-state index is -0.229. The number of hydrogen-bond donors (Lipinski definition) is 2. The second kappa shape index (κ2) is 6.33. The van der Waals surface area contributed by atoms with Gasteiger partial charge in [0.05, 0.1) is 18.2 Å². The van der Waals surface area contributed by atoms with Crippen molar-refractivity contribution in [2.75, 3.05) is 32.7 Å². The van der Waals surface area contributed by atoms with Crippen molar-refractivity contribution < 1.29 is 9.53 Å². The normalized spacial score (nSPS) is 24.6. The lowest BCUT2D eigenvalue weighted by molar-refractivity contribution is -0.141. The maximum Gasteiger partial charge on any atom is 0.234 e. The summed E-state index contributed by atoms with van der Waals surface area (Å²) in [5.41, 5.74) is 5.42. The van der Waals surface area contributed by atoms with Gasteiger partial charge in [0.2, 0.25) is 5.91 Å². The fourth-order valence-electron chi connectivity index (χ4n) is 2.18. The third-order valence-electron chi connectivity index (χ3n) is 2.75. The molecule has 1 unspecified atom stereocenters. The molecule has 1 atom stereocenters. The van der Waals surface area contributed by atoms with Gasteiger partial charge in [-0.15, -0.1) is 0 Å². The average molecular weight is 243 g/mol. The minimum absolute atomic E-state index is 0.0257. The van der Waals surface area contributed by atoms with E-state index in [-0.39, 0.29) is 17.6 Å². The molecule has 5 nitrogen and oxygen atoms in total. The Morgan fingerprint density at radius 2 is 2.29 bits per heavy atom. The predicted molar refractivity (Wildman–Crippen MR) is 67.7 cm³/mol. The molecule has 1 amide bonds. The molecule has 0 bridgehead atoms. The van der Waals surface area contributed by atoms with Crippen LogP contribution in [0, 0.1) is 0 Å². The fraction of sp³-hybridized carbons (Fsp3) is 0.917. The molecule has 17 heavy (non-hydrogen) atoms. The summed E-state index contributed by atoms with van der Waals surface area (Å²) >= 11 is 0. The summed E-state index contributed by atoms with van der Waals surface area (Å²) in [7, 11) is 0. The highest BCUT2D eigenvalue weighted by Gasteiger charge is 2.33. The highest BCUT2D eigenvalue weighted by atomic mass is 16.5. The standard InChI is InChI=1S/C12H25N3O2/c1-4-5-14-11(16)8-15-7-10(6-13)17-12(2,3)9-15/h10H,4-9,13H2,1-3H3,(H,14,16). The van der Waals surface area contributed by atoms with Crippen molar-refractivity contribution in [2.45, 2.75) is 38.9 Å². The van der Waals surface area contributed by atoms with Crippen molar-refractivity contribution in [1.82, 2.24) is 10.2 Å². The topological polar surface area (TPSA) is 67.6 Å². The lowest BCUT2D eigenvalue weighted by atomic mass is 10.1. The zero-order valence-corrected chi connectivity index (χ0v) is 11.2. The molecule has 5 heteroatoms. The average Bonchev–Trinajstić information content (AvgIpc) is 2.24. The van der Waals surface area contributed by atoms with Gasteiger partial charge in [0.1, 0.15) is 0 Å². The number of nitrogens with one attached hydrogen (secondary N) is 1. The molecule has 100 valence electrons. The Hall–Kier alpha value is -0.650. The molecule has 0 aliphatic carbocycles. The Bertz CT molecular complexity index is 256. The number of rotatable bonds is 5. The molecule has 1 rings (SSSR count). The highest BCUT2D eigenvalue weighted by molar-refractivity contribution is 5.77. The van der Waals surface area contributed by atoms with Crippen LogP contribution in [0.5, 0.6) is 0 Å². The van der Waals surface area contributed by atoms with Crippen LogP contribution in [-0.4, -0.2) is 55.2 Å². The van der Waals surface area contributed by atoms with Gasteiger partial charge in [-0.1, -0.05) is 6.92 Å². The summed E-state index contributed by atoms with van der Waals surface area (Å²) in [5.74, 6) is 0.0836. The molecular weight excluding hydrogens is 218 g/mol. The minimum Gasteiger partial charge on any atom is -0.368 e. The van der Waals surface area contributed by atoms with Crippen LogP contribution in [0.15, 0.2) is 0 Å². The molecule has 0 spiro atoms. The number of hydrogen-bond acceptors (Lipinski definition) is 4. The molecule has 3 N–H and O–H groups in total. The van der Waals surface area contributed by atoms with Crippen molar-refractivity contribution in [1.29, 1.82) is 0 Å². The van der Waals surface area contributed by atoms with E-state index < -0.39 is 0 Å². The van der Waals surface area contributed by atoms with E-state index in [1.165, 1.54) is 0 Å². The summed E-state index contributed by atoms with van der Waals surface area (Å²) in [5, 5.41) is 2.89. The number of ether oxygens (including phenoxy) is 1. The number of amides is 1. The molecule has 0 aromatic heterocycles. The summed E-state index contributed by atoms with van der Waals surface area (Å²) in [6.45, 7) is 9.29. The molecule has 1 heterocycles. The van der Waals surface area contributed by atoms with Crippen LogP contribution in [0.2, 0.25) is 0 Å². The van der Waals surface area contributed by atoms with E-state index in [9.17, 15) is 4.79 Å². The van der Waals surface area contributed by atoms with Gasteiger partial charge in [-0.25, -0.2) is 0 Å². The lowest BCUT2D eigenvalue weighted by Gasteiger charge is -2.42. The van der Waals surface area contributed by atoms with Crippen LogP contribution in [0.25, 0.3) is 0 Å². The van der Waals surface area contributed by atoms with Gasteiger partial charge in [-0.3, -0.25) is 9.69 Å². The first-order valence-corrected chi connectivity index (χ1v) is 6.34. The Labute approximate surface area is 104 Å². The number of nitrogens with zero attached hydrogens (tertiary/aromatic N) is 1. The van der Waals surface area contributed by atoms with Crippen LogP contribution >= 0.6 is 0 Å². The first kappa shape index (κ1) is 14.4. The first-order valence-electron chi connectivity index (χ1n) is 6.34. The Morgan fingerprint density at radius 3 is 2.88 bits per heavy atom. The van der Waals surface area contributed by atoms with E-state index in [2.05, 4.69) is 10.2 Å². The number of carbonyl (C=O) groups is 1. The van der Waals surface area contributed by atoms with Gasteiger partial charge < -0.3 is 15.8 Å². The van der Waals surface area contributed by atoms with E-state index in [0.29, 0.717) is 13.1 Å². The van der Waals surface area contributed by atoms with Gasteiger partial charge in [-0.2, -0.15) is 0 Å². The second-order valence-corrected chi connectivity index (χ2v) is 5.25. The van der Waals surface area contributed by atoms with Gasteiger partial charge >= 0.3 is 0 Å². The summed E-state index contributed by atoms with van der Waals surface area (Å²) in [6.07, 6.45) is 0.990. The van der Waals surface area contributed by atoms with E-state index in [1.54, 1.807) is 0 Å². The van der Waals surface area contributed by atoms with E-state index in [0.717, 1.165) is 26.1 Å². The smallest absolute Gasteiger partial charge is 0.234 e. The van der Waals surface area contributed by atoms with E-state index >= 15 is 0 Å². The molecular formula is C12H25N3O2. The first-order chi connectivity index (χ1) is 7.96. The third kappa shape index (κ3) is 5.02. The number of morpholine rings is 1. The molecule has 1 aliphatic heterocycles. The Balaban J connectivity index is 2.44. The largest absolute Gasteiger partial charge is 0.368 e. The van der Waals surface area contributed by atoms with E-state index in [1.807, 2.05) is 20.8 Å². The van der Waals surface area contributed by atoms with Crippen molar-refractivity contribution in [2.24, 2.45) is 5.73 Å². The quantitative estimate of drug-likeness (QED) is 0.710. The van der Waals surface area contributed by atoms with Crippen molar-refractivity contribution in [3.63, 3.8) is 0 Å². The molecule has 0 aromatic rings. The summed E-state index contributed by atoms with van der Waals surface area (Å²) in [4.78, 5) is 13.8. The maximum atomic E-state index is 11.7. The third-order valence-corrected chi connectivity index (χ3v) is 2.75. The second-order valence-electron chi connectivity index (χ2n) is 5.25. The number of carbonyl (C=O) groups excluding carboxylic acids is 1.